The topological polar surface area (TPSA) is 29.3 Å². The van der Waals surface area contributed by atoms with Crippen molar-refractivity contribution in [1.82, 2.24) is 0 Å². The van der Waals surface area contributed by atoms with E-state index in [9.17, 15) is 0 Å². The second-order valence-corrected chi connectivity index (χ2v) is 5.75. The Kier molecular flexibility index (Phi) is 5.26. The van der Waals surface area contributed by atoms with Gasteiger partial charge in [0.05, 0.1) is 0 Å². The molecule has 1 aromatic carbocycles. The zero-order valence-corrected chi connectivity index (χ0v) is 12.5. The first kappa shape index (κ1) is 14.4. The highest BCUT2D eigenvalue weighted by atomic mass is 15.2. The van der Waals surface area contributed by atoms with Crippen molar-refractivity contribution in [2.24, 2.45) is 5.73 Å². The minimum atomic E-state index is 0.724. The molecule has 0 spiro atoms. The van der Waals surface area contributed by atoms with Gasteiger partial charge in [0.1, 0.15) is 0 Å². The molecule has 0 saturated carbocycles. The molecule has 2 N–H and O–H groups in total. The van der Waals surface area contributed by atoms with Gasteiger partial charge in [0.25, 0.3) is 0 Å². The van der Waals surface area contributed by atoms with Gasteiger partial charge in [-0.05, 0) is 62.4 Å². The highest BCUT2D eigenvalue weighted by Crippen LogP contribution is 2.27. The SMILES string of the molecule is CCC1CCCCCN1c1ccc(CCN)c(C)c1. The van der Waals surface area contributed by atoms with E-state index in [-0.39, 0.29) is 0 Å². The normalized spacial score (nSPS) is 20.4. The van der Waals surface area contributed by atoms with Crippen LogP contribution in [0.5, 0.6) is 0 Å². The molecule has 2 rings (SSSR count). The third-order valence-electron chi connectivity index (χ3n) is 4.42. The first-order valence-corrected chi connectivity index (χ1v) is 7.82. The first-order valence-electron chi connectivity index (χ1n) is 7.82. The molecular formula is C17H28N2. The lowest BCUT2D eigenvalue weighted by atomic mass is 10.0. The molecule has 2 heteroatoms. The van der Waals surface area contributed by atoms with Crippen molar-refractivity contribution in [2.45, 2.75) is 58.4 Å². The summed E-state index contributed by atoms with van der Waals surface area (Å²) >= 11 is 0. The first-order chi connectivity index (χ1) is 9.26. The fourth-order valence-electron chi connectivity index (χ4n) is 3.24. The predicted molar refractivity (Wildman–Crippen MR) is 83.8 cm³/mol. The molecule has 1 aliphatic rings. The Morgan fingerprint density at radius 1 is 1.26 bits per heavy atom. The summed E-state index contributed by atoms with van der Waals surface area (Å²) in [5.41, 5.74) is 9.86. The summed E-state index contributed by atoms with van der Waals surface area (Å²) in [5, 5.41) is 0. The summed E-state index contributed by atoms with van der Waals surface area (Å²) in [7, 11) is 0. The second-order valence-electron chi connectivity index (χ2n) is 5.75. The smallest absolute Gasteiger partial charge is 0.0371 e. The van der Waals surface area contributed by atoms with E-state index in [1.54, 1.807) is 0 Å². The molecule has 1 aliphatic heterocycles. The van der Waals surface area contributed by atoms with Crippen LogP contribution >= 0.6 is 0 Å². The van der Waals surface area contributed by atoms with E-state index in [1.807, 2.05) is 0 Å². The van der Waals surface area contributed by atoms with E-state index in [4.69, 9.17) is 5.73 Å². The predicted octanol–water partition coefficient (Wildman–Crippen LogP) is 3.66. The average Bonchev–Trinajstić information content (AvgIpc) is 2.66. The van der Waals surface area contributed by atoms with Crippen molar-refractivity contribution in [3.8, 4) is 0 Å². The number of benzene rings is 1. The lowest BCUT2D eigenvalue weighted by Crippen LogP contribution is -2.34. The molecule has 1 unspecified atom stereocenters. The van der Waals surface area contributed by atoms with Crippen LogP contribution in [0, 0.1) is 6.92 Å². The third-order valence-corrected chi connectivity index (χ3v) is 4.42. The van der Waals surface area contributed by atoms with E-state index in [1.165, 1.54) is 55.5 Å². The van der Waals surface area contributed by atoms with Crippen molar-refractivity contribution < 1.29 is 0 Å². The fourth-order valence-corrected chi connectivity index (χ4v) is 3.24. The lowest BCUT2D eigenvalue weighted by Gasteiger charge is -2.32. The van der Waals surface area contributed by atoms with Crippen LogP contribution in [0.15, 0.2) is 18.2 Å². The van der Waals surface area contributed by atoms with Gasteiger partial charge in [0.15, 0.2) is 0 Å². The van der Waals surface area contributed by atoms with E-state index in [0.29, 0.717) is 0 Å². The van der Waals surface area contributed by atoms with E-state index >= 15 is 0 Å². The van der Waals surface area contributed by atoms with Gasteiger partial charge in [-0.1, -0.05) is 25.8 Å². The number of aryl methyl sites for hydroxylation is 1. The Hall–Kier alpha value is -1.02. The summed E-state index contributed by atoms with van der Waals surface area (Å²) in [6.45, 7) is 6.49. The molecule has 19 heavy (non-hydrogen) atoms. The zero-order valence-electron chi connectivity index (χ0n) is 12.5. The Morgan fingerprint density at radius 3 is 2.79 bits per heavy atom. The molecule has 1 atom stereocenters. The molecule has 0 aliphatic carbocycles. The van der Waals surface area contributed by atoms with E-state index in [2.05, 4.69) is 36.9 Å². The highest BCUT2D eigenvalue weighted by molar-refractivity contribution is 5.52. The van der Waals surface area contributed by atoms with Crippen LogP contribution in [0.1, 0.15) is 50.2 Å². The van der Waals surface area contributed by atoms with Crippen molar-refractivity contribution in [3.05, 3.63) is 29.3 Å². The maximum Gasteiger partial charge on any atom is 0.0371 e. The van der Waals surface area contributed by atoms with Crippen LogP contribution in [0.25, 0.3) is 0 Å². The van der Waals surface area contributed by atoms with Crippen molar-refractivity contribution in [2.75, 3.05) is 18.0 Å². The van der Waals surface area contributed by atoms with Gasteiger partial charge in [-0.2, -0.15) is 0 Å². The largest absolute Gasteiger partial charge is 0.369 e. The molecule has 0 radical (unpaired) electrons. The maximum absolute atomic E-state index is 5.66. The molecule has 1 aromatic rings. The Bertz CT molecular complexity index is 400. The monoisotopic (exact) mass is 260 g/mol. The average molecular weight is 260 g/mol. The van der Waals surface area contributed by atoms with Crippen molar-refractivity contribution >= 4 is 5.69 Å². The summed E-state index contributed by atoms with van der Waals surface area (Å²) in [4.78, 5) is 2.63. The quantitative estimate of drug-likeness (QED) is 0.895. The molecule has 0 bridgehead atoms. The van der Waals surface area contributed by atoms with Crippen molar-refractivity contribution in [3.63, 3.8) is 0 Å². The van der Waals surface area contributed by atoms with Gasteiger partial charge < -0.3 is 10.6 Å². The van der Waals surface area contributed by atoms with Crippen LogP contribution < -0.4 is 10.6 Å². The van der Waals surface area contributed by atoms with Crippen LogP contribution in [0.2, 0.25) is 0 Å². The standard InChI is InChI=1S/C17H28N2/c1-3-16-7-5-4-6-12-19(16)17-9-8-15(10-11-18)14(2)13-17/h8-9,13,16H,3-7,10-12,18H2,1-2H3. The zero-order chi connectivity index (χ0) is 13.7. The highest BCUT2D eigenvalue weighted by Gasteiger charge is 2.19. The van der Waals surface area contributed by atoms with Gasteiger partial charge >= 0.3 is 0 Å². The lowest BCUT2D eigenvalue weighted by molar-refractivity contribution is 0.556. The molecule has 106 valence electrons. The molecule has 1 heterocycles. The van der Waals surface area contributed by atoms with Gasteiger partial charge in [0.2, 0.25) is 0 Å². The van der Waals surface area contributed by atoms with Crippen LogP contribution in [-0.4, -0.2) is 19.1 Å². The van der Waals surface area contributed by atoms with Gasteiger partial charge in [0, 0.05) is 18.3 Å². The minimum Gasteiger partial charge on any atom is -0.369 e. The molecule has 1 saturated heterocycles. The Morgan fingerprint density at radius 2 is 2.11 bits per heavy atom. The van der Waals surface area contributed by atoms with E-state index < -0.39 is 0 Å². The summed E-state index contributed by atoms with van der Waals surface area (Å²) in [6.07, 6.45) is 7.70. The van der Waals surface area contributed by atoms with Gasteiger partial charge in [-0.15, -0.1) is 0 Å². The number of rotatable bonds is 4. The number of nitrogens with two attached hydrogens (primary N) is 1. The number of hydrogen-bond donors (Lipinski definition) is 1. The molecule has 0 aromatic heterocycles. The Labute approximate surface area is 118 Å². The fraction of sp³-hybridized carbons (Fsp3) is 0.647. The van der Waals surface area contributed by atoms with Gasteiger partial charge in [-0.25, -0.2) is 0 Å². The summed E-state index contributed by atoms with van der Waals surface area (Å²) < 4.78 is 0. The molecule has 1 fully saturated rings. The molecule has 0 amide bonds. The van der Waals surface area contributed by atoms with Crippen LogP contribution in [0.4, 0.5) is 5.69 Å². The number of nitrogens with zero attached hydrogens (tertiary/aromatic N) is 1. The van der Waals surface area contributed by atoms with Crippen LogP contribution in [0.3, 0.4) is 0 Å². The third kappa shape index (κ3) is 3.50. The van der Waals surface area contributed by atoms with E-state index in [0.717, 1.165) is 19.0 Å². The maximum atomic E-state index is 5.66. The number of anilines is 1. The van der Waals surface area contributed by atoms with Gasteiger partial charge in [-0.3, -0.25) is 0 Å². The minimum absolute atomic E-state index is 0.724. The van der Waals surface area contributed by atoms with Crippen molar-refractivity contribution in [1.29, 1.82) is 0 Å². The summed E-state index contributed by atoms with van der Waals surface area (Å²) in [5.74, 6) is 0. The van der Waals surface area contributed by atoms with Crippen LogP contribution in [-0.2, 0) is 6.42 Å². The molecular weight excluding hydrogens is 232 g/mol. The second kappa shape index (κ2) is 6.95. The molecule has 2 nitrogen and oxygen atoms in total. The Balaban J connectivity index is 2.21. The number of hydrogen-bond acceptors (Lipinski definition) is 2. The summed E-state index contributed by atoms with van der Waals surface area (Å²) in [6, 6.07) is 7.65.